The lowest BCUT2D eigenvalue weighted by Crippen LogP contribution is -2.36. The molecule has 4 rings (SSSR count). The molecule has 1 fully saturated rings. The van der Waals surface area contributed by atoms with E-state index in [2.05, 4.69) is 0 Å². The predicted molar refractivity (Wildman–Crippen MR) is 89.8 cm³/mol. The zero-order valence-corrected chi connectivity index (χ0v) is 14.5. The maximum atomic E-state index is 12.7. The third kappa shape index (κ3) is 3.04. The molecule has 2 aromatic rings. The average molecular weight is 389 g/mol. The molecule has 2 aliphatic rings. The molecule has 1 aliphatic heterocycles. The van der Waals surface area contributed by atoms with Crippen molar-refractivity contribution in [3.8, 4) is 0 Å². The van der Waals surface area contributed by atoms with Crippen molar-refractivity contribution in [1.29, 1.82) is 0 Å². The van der Waals surface area contributed by atoms with Gasteiger partial charge in [-0.25, -0.2) is 4.79 Å². The Balaban J connectivity index is 1.47. The molecule has 2 amide bonds. The van der Waals surface area contributed by atoms with Crippen LogP contribution in [-0.4, -0.2) is 22.8 Å². The summed E-state index contributed by atoms with van der Waals surface area (Å²) in [6.07, 6.45) is -3.32. The van der Waals surface area contributed by atoms with Gasteiger partial charge in [0.05, 0.1) is 22.1 Å². The van der Waals surface area contributed by atoms with Crippen molar-refractivity contribution in [2.24, 2.45) is 5.41 Å². The Hall–Kier alpha value is -3.16. The van der Waals surface area contributed by atoms with Gasteiger partial charge in [0, 0.05) is 0 Å². The van der Waals surface area contributed by atoms with Gasteiger partial charge in [0.15, 0.2) is 0 Å². The second kappa shape index (κ2) is 6.19. The Labute approximate surface area is 157 Å². The van der Waals surface area contributed by atoms with Crippen LogP contribution in [0.2, 0.25) is 0 Å². The first-order valence-corrected chi connectivity index (χ1v) is 8.58. The third-order valence-electron chi connectivity index (χ3n) is 5.04. The highest BCUT2D eigenvalue weighted by Crippen LogP contribution is 2.50. The second-order valence-corrected chi connectivity index (χ2v) is 6.98. The van der Waals surface area contributed by atoms with Gasteiger partial charge >= 0.3 is 12.1 Å². The normalized spacial score (nSPS) is 17.5. The van der Waals surface area contributed by atoms with E-state index in [0.29, 0.717) is 23.5 Å². The van der Waals surface area contributed by atoms with Crippen molar-refractivity contribution in [1.82, 2.24) is 5.06 Å². The van der Waals surface area contributed by atoms with Crippen LogP contribution >= 0.6 is 0 Å². The van der Waals surface area contributed by atoms with Crippen LogP contribution in [0.1, 0.15) is 44.7 Å². The van der Waals surface area contributed by atoms with Crippen molar-refractivity contribution in [3.63, 3.8) is 0 Å². The molecule has 0 aromatic heterocycles. The number of hydrogen-bond acceptors (Lipinski definition) is 4. The number of nitrogens with zero attached hydrogens (tertiary/aromatic N) is 1. The molecule has 0 N–H and O–H groups in total. The van der Waals surface area contributed by atoms with Crippen LogP contribution in [0.3, 0.4) is 0 Å². The molecular weight excluding hydrogens is 375 g/mol. The molecule has 2 aromatic carbocycles. The van der Waals surface area contributed by atoms with Gasteiger partial charge in [-0.3, -0.25) is 9.59 Å². The maximum absolute atomic E-state index is 12.7. The highest BCUT2D eigenvalue weighted by molar-refractivity contribution is 6.20. The molecule has 5 nitrogen and oxygen atoms in total. The van der Waals surface area contributed by atoms with Crippen molar-refractivity contribution >= 4 is 17.8 Å². The molecule has 1 saturated carbocycles. The summed E-state index contributed by atoms with van der Waals surface area (Å²) < 4.78 is 38.0. The topological polar surface area (TPSA) is 63.7 Å². The minimum Gasteiger partial charge on any atom is -0.329 e. The Bertz CT molecular complexity index is 943. The average Bonchev–Trinajstić information content (AvgIpc) is 3.41. The van der Waals surface area contributed by atoms with Crippen LogP contribution in [0.25, 0.3) is 0 Å². The van der Waals surface area contributed by atoms with Gasteiger partial charge in [0.25, 0.3) is 11.8 Å². The van der Waals surface area contributed by atoms with Crippen LogP contribution in [0, 0.1) is 5.41 Å². The molecule has 8 heteroatoms. The Kier molecular flexibility index (Phi) is 4.02. The number of carbonyl (C=O) groups excluding carboxylic acids is 3. The lowest BCUT2D eigenvalue weighted by molar-refractivity contribution is -0.175. The van der Waals surface area contributed by atoms with Crippen molar-refractivity contribution < 1.29 is 32.4 Å². The van der Waals surface area contributed by atoms with Crippen molar-refractivity contribution in [2.45, 2.75) is 25.4 Å². The van der Waals surface area contributed by atoms with E-state index in [-0.39, 0.29) is 17.5 Å². The van der Waals surface area contributed by atoms with E-state index in [1.54, 1.807) is 12.1 Å². The number of rotatable bonds is 4. The fourth-order valence-electron chi connectivity index (χ4n) is 3.24. The number of carbonyl (C=O) groups is 3. The number of hydroxylamine groups is 2. The zero-order valence-electron chi connectivity index (χ0n) is 14.5. The van der Waals surface area contributed by atoms with E-state index in [1.807, 2.05) is 0 Å². The van der Waals surface area contributed by atoms with Crippen LogP contribution in [0.5, 0.6) is 0 Å². The van der Waals surface area contributed by atoms with Gasteiger partial charge in [-0.15, -0.1) is 0 Å². The Morgan fingerprint density at radius 2 is 1.50 bits per heavy atom. The fourth-order valence-corrected chi connectivity index (χ4v) is 3.24. The minimum atomic E-state index is -4.43. The standard InChI is InChI=1S/C20H14F3NO4/c21-20(22,23)13-7-5-12(6-8-13)11-19(9-10-19)18(27)28-24-16(25)14-3-1-2-4-15(14)17(24)26/h1-8H,9-11H2. The van der Waals surface area contributed by atoms with E-state index in [9.17, 15) is 27.6 Å². The molecule has 0 atom stereocenters. The van der Waals surface area contributed by atoms with Crippen LogP contribution < -0.4 is 0 Å². The highest BCUT2D eigenvalue weighted by atomic mass is 19.4. The van der Waals surface area contributed by atoms with Gasteiger partial charge in [0.2, 0.25) is 0 Å². The van der Waals surface area contributed by atoms with Gasteiger partial charge in [0.1, 0.15) is 0 Å². The van der Waals surface area contributed by atoms with Crippen LogP contribution in [0.15, 0.2) is 48.5 Å². The van der Waals surface area contributed by atoms with Crippen LogP contribution in [-0.2, 0) is 22.2 Å². The SMILES string of the molecule is O=C1c2ccccc2C(=O)N1OC(=O)C1(Cc2ccc(C(F)(F)F)cc2)CC1. The third-order valence-corrected chi connectivity index (χ3v) is 5.04. The van der Waals surface area contributed by atoms with Gasteiger partial charge in [-0.2, -0.15) is 13.2 Å². The first kappa shape index (κ1) is 18.2. The lowest BCUT2D eigenvalue weighted by Gasteiger charge is -2.18. The molecule has 144 valence electrons. The lowest BCUT2D eigenvalue weighted by atomic mass is 9.96. The predicted octanol–water partition coefficient (Wildman–Crippen LogP) is 3.78. The molecule has 28 heavy (non-hydrogen) atoms. The first-order chi connectivity index (χ1) is 13.2. The van der Waals surface area contributed by atoms with E-state index in [0.717, 1.165) is 12.1 Å². The summed E-state index contributed by atoms with van der Waals surface area (Å²) in [5.41, 5.74) is -0.838. The summed E-state index contributed by atoms with van der Waals surface area (Å²) in [7, 11) is 0. The van der Waals surface area contributed by atoms with E-state index >= 15 is 0 Å². The summed E-state index contributed by atoms with van der Waals surface area (Å²) in [6, 6.07) is 10.7. The molecule has 0 unspecified atom stereocenters. The molecule has 0 radical (unpaired) electrons. The second-order valence-electron chi connectivity index (χ2n) is 6.98. The minimum absolute atomic E-state index is 0.160. The molecule has 1 aliphatic carbocycles. The fraction of sp³-hybridized carbons (Fsp3) is 0.250. The molecule has 0 bridgehead atoms. The number of hydrogen-bond donors (Lipinski definition) is 0. The maximum Gasteiger partial charge on any atom is 0.416 e. The number of imide groups is 1. The number of fused-ring (bicyclic) bond motifs is 1. The van der Waals surface area contributed by atoms with E-state index < -0.39 is 34.9 Å². The number of amides is 2. The van der Waals surface area contributed by atoms with E-state index in [1.165, 1.54) is 24.3 Å². The smallest absolute Gasteiger partial charge is 0.329 e. The number of alkyl halides is 3. The van der Waals surface area contributed by atoms with E-state index in [4.69, 9.17) is 4.84 Å². The zero-order chi connectivity index (χ0) is 20.1. The Morgan fingerprint density at radius 3 is 1.96 bits per heavy atom. The highest BCUT2D eigenvalue weighted by Gasteiger charge is 2.53. The molecule has 1 heterocycles. The molecule has 0 saturated heterocycles. The number of halogens is 3. The monoisotopic (exact) mass is 389 g/mol. The van der Waals surface area contributed by atoms with Crippen LogP contribution in [0.4, 0.5) is 13.2 Å². The van der Waals surface area contributed by atoms with Crippen molar-refractivity contribution in [3.05, 3.63) is 70.8 Å². The largest absolute Gasteiger partial charge is 0.416 e. The van der Waals surface area contributed by atoms with Gasteiger partial charge < -0.3 is 4.84 Å². The number of benzene rings is 2. The van der Waals surface area contributed by atoms with Crippen molar-refractivity contribution in [2.75, 3.05) is 0 Å². The summed E-state index contributed by atoms with van der Waals surface area (Å²) >= 11 is 0. The summed E-state index contributed by atoms with van der Waals surface area (Å²) in [6.45, 7) is 0. The van der Waals surface area contributed by atoms with Gasteiger partial charge in [-0.05, 0) is 49.1 Å². The van der Waals surface area contributed by atoms with Gasteiger partial charge in [-0.1, -0.05) is 29.3 Å². The summed E-state index contributed by atoms with van der Waals surface area (Å²) in [5, 5.41) is 0.458. The summed E-state index contributed by atoms with van der Waals surface area (Å²) in [5.74, 6) is -2.15. The first-order valence-electron chi connectivity index (χ1n) is 8.58. The summed E-state index contributed by atoms with van der Waals surface area (Å²) in [4.78, 5) is 42.3. The quantitative estimate of drug-likeness (QED) is 0.747. The molecular formula is C20H14F3NO4. The Morgan fingerprint density at radius 1 is 0.964 bits per heavy atom. The molecule has 0 spiro atoms.